The first-order chi connectivity index (χ1) is 15.6. The topological polar surface area (TPSA) is 106 Å². The maximum absolute atomic E-state index is 12.8. The molecule has 11 heteroatoms. The molecule has 0 saturated carbocycles. The number of benzene rings is 3. The van der Waals surface area contributed by atoms with Crippen molar-refractivity contribution in [3.8, 4) is 11.5 Å². The summed E-state index contributed by atoms with van der Waals surface area (Å²) in [7, 11) is 0. The number of nitro benzene ring substituents is 1. The van der Waals surface area contributed by atoms with Crippen molar-refractivity contribution >= 4 is 23.6 Å². The Morgan fingerprint density at radius 3 is 2.42 bits per heavy atom. The Labute approximate surface area is 185 Å². The first-order valence-electron chi connectivity index (χ1n) is 9.43. The Morgan fingerprint density at radius 1 is 1.09 bits per heavy atom. The molecule has 0 aromatic heterocycles. The summed E-state index contributed by atoms with van der Waals surface area (Å²) in [5, 5.41) is 17.6. The van der Waals surface area contributed by atoms with Gasteiger partial charge in [-0.15, -0.1) is 0 Å². The minimum Gasteiger partial charge on any atom is -0.450 e. The largest absolute Gasteiger partial charge is 0.450 e. The first-order valence-corrected chi connectivity index (χ1v) is 9.43. The molecule has 0 atom stereocenters. The Morgan fingerprint density at radius 2 is 1.79 bits per heavy atom. The van der Waals surface area contributed by atoms with Gasteiger partial charge >= 0.3 is 17.9 Å². The van der Waals surface area contributed by atoms with Crippen molar-refractivity contribution in [2.75, 3.05) is 5.32 Å². The minimum absolute atomic E-state index is 0.167. The molecule has 2 N–H and O–H groups in total. The van der Waals surface area contributed by atoms with E-state index in [9.17, 15) is 28.1 Å². The molecule has 0 radical (unpaired) electrons. The zero-order chi connectivity index (χ0) is 24.0. The average molecular weight is 458 g/mol. The minimum atomic E-state index is -4.71. The summed E-state index contributed by atoms with van der Waals surface area (Å²) in [6.45, 7) is 1.85. The van der Waals surface area contributed by atoms with Gasteiger partial charge in [-0.1, -0.05) is 18.2 Å². The summed E-state index contributed by atoms with van der Waals surface area (Å²) in [4.78, 5) is 22.1. The van der Waals surface area contributed by atoms with Crippen LogP contribution in [0.2, 0.25) is 0 Å². The number of halogens is 3. The Hall–Kier alpha value is -4.41. The third kappa shape index (κ3) is 6.29. The van der Waals surface area contributed by atoms with Gasteiger partial charge < -0.3 is 10.1 Å². The Kier molecular flexibility index (Phi) is 6.91. The van der Waals surface area contributed by atoms with Gasteiger partial charge in [0, 0.05) is 11.8 Å². The predicted molar refractivity (Wildman–Crippen MR) is 116 cm³/mol. The average Bonchev–Trinajstić information content (AvgIpc) is 2.76. The zero-order valence-corrected chi connectivity index (χ0v) is 17.1. The molecule has 3 aromatic carbocycles. The van der Waals surface area contributed by atoms with Crippen molar-refractivity contribution in [3.63, 3.8) is 0 Å². The van der Waals surface area contributed by atoms with Crippen molar-refractivity contribution in [2.45, 2.75) is 13.1 Å². The SMILES string of the molecule is Cc1ccccc1NC(=O)NN=Cc1ccc(Oc2ccc(C(F)(F)F)cc2[N+](=O)[O-])cc1. The lowest BCUT2D eigenvalue weighted by Crippen LogP contribution is -2.24. The summed E-state index contributed by atoms with van der Waals surface area (Å²) >= 11 is 0. The van der Waals surface area contributed by atoms with Crippen molar-refractivity contribution in [2.24, 2.45) is 5.10 Å². The van der Waals surface area contributed by atoms with E-state index < -0.39 is 28.4 Å². The number of para-hydroxylation sites is 1. The Bertz CT molecular complexity index is 1190. The van der Waals surface area contributed by atoms with Crippen molar-refractivity contribution in [3.05, 3.63) is 93.5 Å². The van der Waals surface area contributed by atoms with E-state index in [0.29, 0.717) is 23.4 Å². The molecule has 0 unspecified atom stereocenters. The van der Waals surface area contributed by atoms with E-state index in [1.165, 1.54) is 18.3 Å². The van der Waals surface area contributed by atoms with E-state index in [1.54, 1.807) is 24.3 Å². The second-order valence-corrected chi connectivity index (χ2v) is 6.75. The van der Waals surface area contributed by atoms with E-state index in [-0.39, 0.29) is 11.5 Å². The molecule has 0 heterocycles. The number of carbonyl (C=O) groups excluding carboxylic acids is 1. The molecule has 8 nitrogen and oxygen atoms in total. The number of hydrazone groups is 1. The van der Waals surface area contributed by atoms with E-state index >= 15 is 0 Å². The third-order valence-electron chi connectivity index (χ3n) is 4.36. The van der Waals surface area contributed by atoms with Gasteiger partial charge in [-0.3, -0.25) is 10.1 Å². The molecule has 0 saturated heterocycles. The van der Waals surface area contributed by atoms with Gasteiger partial charge in [0.25, 0.3) is 0 Å². The van der Waals surface area contributed by atoms with Crippen LogP contribution in [-0.2, 0) is 6.18 Å². The standard InChI is InChI=1S/C22H17F3N4O4/c1-14-4-2-3-5-18(14)27-21(30)28-26-13-15-6-9-17(10-7-15)33-20-11-8-16(22(23,24)25)12-19(20)29(31)32/h2-13H,1H3,(H2,27,28,30). The van der Waals surface area contributed by atoms with Gasteiger partial charge in [-0.25, -0.2) is 10.2 Å². The molecule has 2 amide bonds. The van der Waals surface area contributed by atoms with Crippen LogP contribution < -0.4 is 15.5 Å². The maximum atomic E-state index is 12.8. The van der Waals surface area contributed by atoms with E-state index in [4.69, 9.17) is 4.74 Å². The van der Waals surface area contributed by atoms with E-state index in [1.807, 2.05) is 19.1 Å². The Balaban J connectivity index is 1.63. The normalized spacial score (nSPS) is 11.3. The van der Waals surface area contributed by atoms with Gasteiger partial charge in [0.1, 0.15) is 5.75 Å². The van der Waals surface area contributed by atoms with Crippen LogP contribution in [0.15, 0.2) is 71.8 Å². The second kappa shape index (κ2) is 9.81. The highest BCUT2D eigenvalue weighted by atomic mass is 19.4. The van der Waals surface area contributed by atoms with Crippen LogP contribution in [-0.4, -0.2) is 17.2 Å². The van der Waals surface area contributed by atoms with Gasteiger partial charge in [-0.05, 0) is 60.5 Å². The molecule has 3 rings (SSSR count). The molecular weight excluding hydrogens is 441 g/mol. The number of nitrogens with one attached hydrogen (secondary N) is 2. The van der Waals surface area contributed by atoms with E-state index in [2.05, 4.69) is 15.8 Å². The number of nitro groups is 1. The molecule has 0 aliphatic carbocycles. The number of amides is 2. The molecule has 0 aliphatic rings. The second-order valence-electron chi connectivity index (χ2n) is 6.75. The van der Waals surface area contributed by atoms with Gasteiger partial charge in [0.2, 0.25) is 5.75 Å². The molecule has 0 aliphatic heterocycles. The first kappa shape index (κ1) is 23.3. The molecule has 0 bridgehead atoms. The highest BCUT2D eigenvalue weighted by molar-refractivity contribution is 5.91. The number of rotatable bonds is 6. The predicted octanol–water partition coefficient (Wildman–Crippen LogP) is 5.87. The number of anilines is 1. The van der Waals surface area contributed by atoms with Crippen LogP contribution in [0.25, 0.3) is 0 Å². The molecular formula is C22H17F3N4O4. The number of hydrogen-bond acceptors (Lipinski definition) is 5. The number of aryl methyl sites for hydroxylation is 1. The van der Waals surface area contributed by atoms with Crippen molar-refractivity contribution < 1.29 is 27.6 Å². The van der Waals surface area contributed by atoms with Crippen LogP contribution >= 0.6 is 0 Å². The van der Waals surface area contributed by atoms with Crippen molar-refractivity contribution in [1.29, 1.82) is 0 Å². The fourth-order valence-electron chi connectivity index (χ4n) is 2.70. The van der Waals surface area contributed by atoms with Crippen LogP contribution in [0.1, 0.15) is 16.7 Å². The number of alkyl halides is 3. The molecule has 3 aromatic rings. The number of urea groups is 1. The number of hydrogen-bond donors (Lipinski definition) is 2. The van der Waals surface area contributed by atoms with Gasteiger partial charge in [-0.2, -0.15) is 18.3 Å². The van der Waals surface area contributed by atoms with Gasteiger partial charge in [0.05, 0.1) is 16.7 Å². The quantitative estimate of drug-likeness (QED) is 0.274. The molecule has 0 fully saturated rings. The number of carbonyl (C=O) groups is 1. The smallest absolute Gasteiger partial charge is 0.416 e. The molecule has 33 heavy (non-hydrogen) atoms. The van der Waals surface area contributed by atoms with Crippen LogP contribution in [0.3, 0.4) is 0 Å². The fraction of sp³-hybridized carbons (Fsp3) is 0.0909. The number of nitrogens with zero attached hydrogens (tertiary/aromatic N) is 2. The summed E-state index contributed by atoms with van der Waals surface area (Å²) in [5.74, 6) is -0.163. The third-order valence-corrected chi connectivity index (χ3v) is 4.36. The van der Waals surface area contributed by atoms with Crippen LogP contribution in [0, 0.1) is 17.0 Å². The lowest BCUT2D eigenvalue weighted by molar-refractivity contribution is -0.385. The van der Waals surface area contributed by atoms with Crippen LogP contribution in [0.4, 0.5) is 29.3 Å². The van der Waals surface area contributed by atoms with E-state index in [0.717, 1.165) is 11.6 Å². The lowest BCUT2D eigenvalue weighted by atomic mass is 10.2. The van der Waals surface area contributed by atoms with Crippen molar-refractivity contribution in [1.82, 2.24) is 5.43 Å². The highest BCUT2D eigenvalue weighted by Crippen LogP contribution is 2.37. The van der Waals surface area contributed by atoms with Crippen LogP contribution in [0.5, 0.6) is 11.5 Å². The lowest BCUT2D eigenvalue weighted by Gasteiger charge is -2.10. The number of ether oxygens (including phenoxy) is 1. The summed E-state index contributed by atoms with van der Waals surface area (Å²) in [6, 6.07) is 14.7. The summed E-state index contributed by atoms with van der Waals surface area (Å²) < 4.78 is 43.8. The highest BCUT2D eigenvalue weighted by Gasteiger charge is 2.33. The fourth-order valence-corrected chi connectivity index (χ4v) is 2.70. The molecule has 170 valence electrons. The summed E-state index contributed by atoms with van der Waals surface area (Å²) in [6.07, 6.45) is -3.35. The zero-order valence-electron chi connectivity index (χ0n) is 17.1. The monoisotopic (exact) mass is 458 g/mol. The van der Waals surface area contributed by atoms with Gasteiger partial charge in [0.15, 0.2) is 0 Å². The molecule has 0 spiro atoms. The summed E-state index contributed by atoms with van der Waals surface area (Å²) in [5.41, 5.74) is 2.47. The maximum Gasteiger partial charge on any atom is 0.416 e.